The molecule has 11 aromatic rings. The van der Waals surface area contributed by atoms with E-state index in [4.69, 9.17) is 4.42 Å². The summed E-state index contributed by atoms with van der Waals surface area (Å²) in [5.41, 5.74) is 18.2. The van der Waals surface area contributed by atoms with Gasteiger partial charge in [-0.2, -0.15) is 0 Å². The zero-order chi connectivity index (χ0) is 45.1. The molecule has 6 heterocycles. The van der Waals surface area contributed by atoms with E-state index < -0.39 is 0 Å². The number of hydrogen-bond donors (Lipinski definition) is 0. The van der Waals surface area contributed by atoms with E-state index >= 15 is 0 Å². The fourth-order valence-corrected chi connectivity index (χ4v) is 14.9. The standard InChI is InChI=1S/C60H53BN2OS2/c1-57(2,3)32-19-22-34(23-20-32)63-44-29-37-35-15-11-13-17-45(35)64-46(37)30-39(44)49-50-36-16-12-14-18-47(36)65-55(50)51-38-28-41-42(60(9,10)26-25-59(41,7)8)31-43(38)62-53-40-27-33(58(4,5)6)21-24-48(40)66-56(53)61(63)52(49)54(51)62/h11-24,27-31H,25-26H2,1-10H3. The van der Waals surface area contributed by atoms with E-state index in [1.165, 1.54) is 126 Å². The van der Waals surface area contributed by atoms with Gasteiger partial charge in [0, 0.05) is 73.5 Å². The molecule has 0 bridgehead atoms. The number of nitrogens with zero attached hydrogens (tertiary/aromatic N) is 2. The summed E-state index contributed by atoms with van der Waals surface area (Å²) in [5, 5.41) is 9.16. The molecule has 0 saturated carbocycles. The molecule has 1 aliphatic carbocycles. The van der Waals surface area contributed by atoms with Gasteiger partial charge < -0.3 is 13.8 Å². The summed E-state index contributed by atoms with van der Waals surface area (Å²) >= 11 is 3.99. The van der Waals surface area contributed by atoms with Gasteiger partial charge in [-0.05, 0) is 128 Å². The Kier molecular flexibility index (Phi) is 7.50. The highest BCUT2D eigenvalue weighted by molar-refractivity contribution is 7.32. The van der Waals surface area contributed by atoms with Crippen LogP contribution in [0.15, 0.2) is 120 Å². The van der Waals surface area contributed by atoms with Crippen molar-refractivity contribution in [1.82, 2.24) is 4.57 Å². The summed E-state index contributed by atoms with van der Waals surface area (Å²) in [6.45, 7) is 23.9. The molecule has 0 unspecified atom stereocenters. The van der Waals surface area contributed by atoms with E-state index in [1.54, 1.807) is 0 Å². The number of para-hydroxylation sites is 1. The number of hydrogen-bond acceptors (Lipinski definition) is 4. The molecule has 14 rings (SSSR count). The lowest BCUT2D eigenvalue weighted by molar-refractivity contribution is 0.332. The fraction of sp³-hybridized carbons (Fsp3) is 0.267. The molecule has 3 aliphatic rings. The van der Waals surface area contributed by atoms with Crippen molar-refractivity contribution in [2.45, 2.75) is 104 Å². The third-order valence-corrected chi connectivity index (χ3v) is 18.5. The van der Waals surface area contributed by atoms with Crippen LogP contribution in [-0.2, 0) is 21.7 Å². The second kappa shape index (κ2) is 12.6. The zero-order valence-electron chi connectivity index (χ0n) is 39.6. The molecule has 0 fully saturated rings. The van der Waals surface area contributed by atoms with Crippen molar-refractivity contribution in [2.75, 3.05) is 4.81 Å². The summed E-state index contributed by atoms with van der Waals surface area (Å²) in [4.78, 5) is 2.72. The van der Waals surface area contributed by atoms with Crippen LogP contribution in [0.1, 0.15) is 104 Å². The monoisotopic (exact) mass is 892 g/mol. The molecule has 4 aromatic heterocycles. The fourth-order valence-electron chi connectivity index (χ4n) is 12.4. The van der Waals surface area contributed by atoms with E-state index in [1.807, 2.05) is 22.7 Å². The van der Waals surface area contributed by atoms with Crippen molar-refractivity contribution in [1.29, 1.82) is 0 Å². The first-order valence-corrected chi connectivity index (χ1v) is 25.5. The smallest absolute Gasteiger partial charge is 0.343 e. The van der Waals surface area contributed by atoms with E-state index in [9.17, 15) is 0 Å². The molecule has 0 N–H and O–H groups in total. The van der Waals surface area contributed by atoms with Gasteiger partial charge in [-0.15, -0.1) is 22.7 Å². The first kappa shape index (κ1) is 39.4. The number of thiophene rings is 2. The highest BCUT2D eigenvalue weighted by atomic mass is 32.1. The lowest BCUT2D eigenvalue weighted by Gasteiger charge is -2.42. The molecule has 0 atom stereocenters. The predicted octanol–water partition coefficient (Wildman–Crippen LogP) is 16.4. The van der Waals surface area contributed by atoms with Crippen molar-refractivity contribution in [3.8, 4) is 16.8 Å². The van der Waals surface area contributed by atoms with Crippen LogP contribution in [-0.4, -0.2) is 11.4 Å². The van der Waals surface area contributed by atoms with Crippen LogP contribution in [0, 0.1) is 0 Å². The Bertz CT molecular complexity index is 3970. The Balaban J connectivity index is 1.25. The number of anilines is 2. The van der Waals surface area contributed by atoms with Gasteiger partial charge >= 0.3 is 6.85 Å². The van der Waals surface area contributed by atoms with Crippen LogP contribution in [0.3, 0.4) is 0 Å². The topological polar surface area (TPSA) is 21.3 Å². The van der Waals surface area contributed by atoms with Gasteiger partial charge in [0.05, 0.1) is 16.7 Å². The third kappa shape index (κ3) is 5.05. The zero-order valence-corrected chi connectivity index (χ0v) is 41.2. The van der Waals surface area contributed by atoms with Gasteiger partial charge in [-0.1, -0.05) is 124 Å². The molecule has 0 spiro atoms. The second-order valence-corrected chi connectivity index (χ2v) is 25.3. The summed E-state index contributed by atoms with van der Waals surface area (Å²) in [7, 11) is 0. The largest absolute Gasteiger partial charge is 0.456 e. The average molecular weight is 893 g/mol. The summed E-state index contributed by atoms with van der Waals surface area (Å²) < 4.78 is 15.1. The van der Waals surface area contributed by atoms with Crippen molar-refractivity contribution < 1.29 is 4.42 Å². The molecule has 2 aliphatic heterocycles. The number of fused-ring (bicyclic) bond motifs is 19. The molecule has 66 heavy (non-hydrogen) atoms. The highest BCUT2D eigenvalue weighted by Gasteiger charge is 2.48. The summed E-state index contributed by atoms with van der Waals surface area (Å²) in [5.74, 6) is 0. The lowest BCUT2D eigenvalue weighted by Crippen LogP contribution is -2.59. The van der Waals surface area contributed by atoms with E-state index in [2.05, 4.69) is 194 Å². The van der Waals surface area contributed by atoms with E-state index in [-0.39, 0.29) is 28.5 Å². The Morgan fingerprint density at radius 3 is 2.00 bits per heavy atom. The van der Waals surface area contributed by atoms with Gasteiger partial charge in [-0.25, -0.2) is 0 Å². The molecule has 324 valence electrons. The molecule has 0 saturated heterocycles. The first-order valence-electron chi connectivity index (χ1n) is 23.9. The lowest BCUT2D eigenvalue weighted by atomic mass is 9.47. The molecule has 7 aromatic carbocycles. The van der Waals surface area contributed by atoms with Crippen LogP contribution < -0.4 is 15.1 Å². The van der Waals surface area contributed by atoms with Gasteiger partial charge in [0.15, 0.2) is 0 Å². The van der Waals surface area contributed by atoms with Crippen molar-refractivity contribution in [3.63, 3.8) is 0 Å². The maximum absolute atomic E-state index is 6.82. The summed E-state index contributed by atoms with van der Waals surface area (Å²) in [6.07, 6.45) is 2.35. The SMILES string of the molecule is CC(C)(C)c1ccc(N2B3c4sc5ccc(C(C)(C)C)cc5c4-n4c5cc6c(cc5c5c7sc8ccccc8c7c(c3c54)-c3cc4oc5ccccc5c4cc32)C(C)(C)CCC6(C)C)cc1. The van der Waals surface area contributed by atoms with E-state index in [0.29, 0.717) is 0 Å². The molecular weight excluding hydrogens is 840 g/mol. The molecule has 3 nitrogen and oxygen atoms in total. The normalized spacial score (nSPS) is 16.4. The van der Waals surface area contributed by atoms with Crippen molar-refractivity contribution >= 4 is 125 Å². The molecule has 6 heteroatoms. The Morgan fingerprint density at radius 2 is 1.26 bits per heavy atom. The predicted molar refractivity (Wildman–Crippen MR) is 288 cm³/mol. The Morgan fingerprint density at radius 1 is 0.591 bits per heavy atom. The second-order valence-electron chi connectivity index (χ2n) is 23.1. The molecule has 0 amide bonds. The molecular formula is C60H53BN2OS2. The number of aromatic nitrogens is 1. The third-order valence-electron chi connectivity index (χ3n) is 16.1. The average Bonchev–Trinajstić information content (AvgIpc) is 4.04. The summed E-state index contributed by atoms with van der Waals surface area (Å²) in [6, 6.07) is 44.8. The quantitative estimate of drug-likeness (QED) is 0.153. The number of benzene rings is 7. The van der Waals surface area contributed by atoms with Crippen LogP contribution >= 0.6 is 22.7 Å². The Hall–Kier alpha value is -5.82. The van der Waals surface area contributed by atoms with Crippen LogP contribution in [0.4, 0.5) is 11.4 Å². The molecule has 0 radical (unpaired) electrons. The van der Waals surface area contributed by atoms with Crippen LogP contribution in [0.25, 0.3) is 90.8 Å². The minimum atomic E-state index is -0.0843. The van der Waals surface area contributed by atoms with Crippen molar-refractivity contribution in [2.24, 2.45) is 0 Å². The maximum atomic E-state index is 6.82. The van der Waals surface area contributed by atoms with E-state index in [0.717, 1.165) is 21.9 Å². The van der Waals surface area contributed by atoms with Crippen LogP contribution in [0.5, 0.6) is 0 Å². The van der Waals surface area contributed by atoms with Gasteiger partial charge in [0.25, 0.3) is 0 Å². The minimum absolute atomic E-state index is 0.00188. The highest BCUT2D eigenvalue weighted by Crippen LogP contribution is 2.56. The van der Waals surface area contributed by atoms with Crippen LogP contribution in [0.2, 0.25) is 0 Å². The van der Waals surface area contributed by atoms with Gasteiger partial charge in [-0.3, -0.25) is 0 Å². The number of furan rings is 1. The first-order chi connectivity index (χ1) is 31.5. The maximum Gasteiger partial charge on any atom is 0.343 e. The number of rotatable bonds is 1. The van der Waals surface area contributed by atoms with Crippen molar-refractivity contribution in [3.05, 3.63) is 138 Å². The van der Waals surface area contributed by atoms with Gasteiger partial charge in [0.2, 0.25) is 0 Å². The Labute approximate surface area is 394 Å². The van der Waals surface area contributed by atoms with Gasteiger partial charge in [0.1, 0.15) is 11.2 Å². The minimum Gasteiger partial charge on any atom is -0.456 e.